The Morgan fingerprint density at radius 3 is 2.45 bits per heavy atom. The first-order valence-corrected chi connectivity index (χ1v) is 7.14. The molecular formula is C16H20FNO4. The Kier molecular flexibility index (Phi) is 4.63. The topological polar surface area (TPSA) is 77.8 Å². The lowest BCUT2D eigenvalue weighted by atomic mass is 9.73. The Labute approximate surface area is 128 Å². The van der Waals surface area contributed by atoms with Gasteiger partial charge in [0.1, 0.15) is 23.7 Å². The van der Waals surface area contributed by atoms with Crippen LogP contribution in [0.3, 0.4) is 0 Å². The van der Waals surface area contributed by atoms with Gasteiger partial charge in [-0.1, -0.05) is 12.1 Å². The molecule has 1 aromatic carbocycles. The fraction of sp³-hybridized carbons (Fsp3) is 0.500. The molecule has 2 N–H and O–H groups in total. The normalized spacial score (nSPS) is 28.8. The van der Waals surface area contributed by atoms with E-state index in [1.165, 1.54) is 24.0 Å². The molecule has 5 nitrogen and oxygen atoms in total. The molecule has 4 unspecified atom stereocenters. The van der Waals surface area contributed by atoms with Crippen LogP contribution >= 0.6 is 0 Å². The van der Waals surface area contributed by atoms with Crippen LogP contribution in [0.5, 0.6) is 0 Å². The number of carbonyl (C=O) groups excluding carboxylic acids is 1. The van der Waals surface area contributed by atoms with Crippen LogP contribution in [0.4, 0.5) is 4.39 Å². The van der Waals surface area contributed by atoms with Gasteiger partial charge in [0, 0.05) is 6.04 Å². The van der Waals surface area contributed by atoms with Gasteiger partial charge in [-0.3, -0.25) is 9.69 Å². The standard InChI is InChI=1S/C16H20FNO4/c1-16(9-19,15(21)22)13-7-11(8-14(20)18(13)2)10-3-5-12(17)6-4-10/h3-6,9,11,13-14,20H,7-8H2,1-2H3,(H,21,22). The summed E-state index contributed by atoms with van der Waals surface area (Å²) < 4.78 is 13.0. The zero-order chi connectivity index (χ0) is 16.5. The largest absolute Gasteiger partial charge is 0.480 e. The van der Waals surface area contributed by atoms with Crippen LogP contribution in [-0.2, 0) is 9.59 Å². The Morgan fingerprint density at radius 1 is 1.36 bits per heavy atom. The summed E-state index contributed by atoms with van der Waals surface area (Å²) >= 11 is 0. The number of carbonyl (C=O) groups is 2. The van der Waals surface area contributed by atoms with Crippen LogP contribution in [0, 0.1) is 11.2 Å². The minimum atomic E-state index is -1.60. The molecule has 0 spiro atoms. The second-order valence-electron chi connectivity index (χ2n) is 6.09. The van der Waals surface area contributed by atoms with Crippen molar-refractivity contribution in [2.45, 2.75) is 38.0 Å². The van der Waals surface area contributed by atoms with Crippen molar-refractivity contribution >= 4 is 12.3 Å². The van der Waals surface area contributed by atoms with E-state index in [2.05, 4.69) is 0 Å². The number of likely N-dealkylation sites (tertiary alicyclic amines) is 1. The summed E-state index contributed by atoms with van der Waals surface area (Å²) in [4.78, 5) is 24.4. The molecule has 0 aromatic heterocycles. The fourth-order valence-electron chi connectivity index (χ4n) is 3.11. The lowest BCUT2D eigenvalue weighted by Gasteiger charge is -2.45. The maximum absolute atomic E-state index is 13.0. The van der Waals surface area contributed by atoms with E-state index in [-0.39, 0.29) is 11.7 Å². The molecule has 1 fully saturated rings. The number of aliphatic carboxylic acids is 1. The molecule has 2 rings (SSSR count). The number of rotatable bonds is 4. The Bertz CT molecular complexity index is 562. The lowest BCUT2D eigenvalue weighted by molar-refractivity contribution is -0.160. The third kappa shape index (κ3) is 2.89. The van der Waals surface area contributed by atoms with Gasteiger partial charge in [0.25, 0.3) is 0 Å². The summed E-state index contributed by atoms with van der Waals surface area (Å²) in [6, 6.07) is 5.31. The number of aliphatic hydroxyl groups excluding tert-OH is 1. The van der Waals surface area contributed by atoms with Gasteiger partial charge in [0.15, 0.2) is 0 Å². The molecule has 0 aliphatic carbocycles. The predicted octanol–water partition coefficient (Wildman–Crippen LogP) is 1.61. The van der Waals surface area contributed by atoms with E-state index in [9.17, 15) is 24.2 Å². The predicted molar refractivity (Wildman–Crippen MR) is 77.7 cm³/mol. The third-order valence-corrected chi connectivity index (χ3v) is 4.70. The van der Waals surface area contributed by atoms with Crippen LogP contribution < -0.4 is 0 Å². The highest BCUT2D eigenvalue weighted by atomic mass is 19.1. The Hall–Kier alpha value is -1.79. The van der Waals surface area contributed by atoms with Crippen molar-refractivity contribution in [1.29, 1.82) is 0 Å². The van der Waals surface area contributed by atoms with E-state index in [0.29, 0.717) is 19.1 Å². The van der Waals surface area contributed by atoms with Crippen molar-refractivity contribution < 1.29 is 24.2 Å². The second-order valence-corrected chi connectivity index (χ2v) is 6.09. The number of carboxylic acid groups (broad SMARTS) is 1. The van der Waals surface area contributed by atoms with Crippen LogP contribution in [-0.4, -0.2) is 46.7 Å². The summed E-state index contributed by atoms with van der Waals surface area (Å²) in [7, 11) is 1.61. The highest BCUT2D eigenvalue weighted by molar-refractivity contribution is 5.92. The molecule has 1 aliphatic rings. The first kappa shape index (κ1) is 16.6. The summed E-state index contributed by atoms with van der Waals surface area (Å²) in [5.74, 6) is -1.70. The maximum Gasteiger partial charge on any atom is 0.318 e. The van der Waals surface area contributed by atoms with Gasteiger partial charge in [-0.05, 0) is 50.4 Å². The van der Waals surface area contributed by atoms with Crippen molar-refractivity contribution in [2.75, 3.05) is 7.05 Å². The molecule has 120 valence electrons. The molecule has 6 heteroatoms. The van der Waals surface area contributed by atoms with Crippen LogP contribution in [0.2, 0.25) is 0 Å². The second kappa shape index (κ2) is 6.14. The van der Waals surface area contributed by atoms with E-state index in [1.54, 1.807) is 19.2 Å². The number of aldehydes is 1. The number of carboxylic acids is 1. The molecule has 1 heterocycles. The van der Waals surface area contributed by atoms with Gasteiger partial charge in [0.05, 0.1) is 0 Å². The van der Waals surface area contributed by atoms with Crippen molar-refractivity contribution in [1.82, 2.24) is 4.90 Å². The molecule has 22 heavy (non-hydrogen) atoms. The SMILES string of the molecule is CN1C(O)CC(c2ccc(F)cc2)CC1C(C)(C=O)C(=O)O. The molecule has 0 radical (unpaired) electrons. The molecule has 1 saturated heterocycles. The summed E-state index contributed by atoms with van der Waals surface area (Å²) in [6.07, 6.45) is 0.386. The van der Waals surface area contributed by atoms with Crippen LogP contribution in [0.1, 0.15) is 31.2 Å². The first-order valence-electron chi connectivity index (χ1n) is 7.14. The summed E-state index contributed by atoms with van der Waals surface area (Å²) in [5.41, 5.74) is -0.772. The van der Waals surface area contributed by atoms with Gasteiger partial charge < -0.3 is 15.0 Å². The number of piperidine rings is 1. The molecule has 0 bridgehead atoms. The highest BCUT2D eigenvalue weighted by Crippen LogP contribution is 2.40. The first-order chi connectivity index (χ1) is 10.3. The van der Waals surface area contributed by atoms with E-state index < -0.39 is 23.7 Å². The van der Waals surface area contributed by atoms with Crippen molar-refractivity contribution in [3.63, 3.8) is 0 Å². The van der Waals surface area contributed by atoms with Crippen LogP contribution in [0.15, 0.2) is 24.3 Å². The summed E-state index contributed by atoms with van der Waals surface area (Å²) in [5, 5.41) is 19.6. The van der Waals surface area contributed by atoms with Crippen molar-refractivity contribution in [3.8, 4) is 0 Å². The average Bonchev–Trinajstić information content (AvgIpc) is 2.49. The van der Waals surface area contributed by atoms with E-state index in [4.69, 9.17) is 0 Å². The number of aliphatic hydroxyl groups is 1. The number of nitrogens with zero attached hydrogens (tertiary/aromatic N) is 1. The zero-order valence-corrected chi connectivity index (χ0v) is 12.6. The van der Waals surface area contributed by atoms with E-state index >= 15 is 0 Å². The highest BCUT2D eigenvalue weighted by Gasteiger charge is 2.48. The van der Waals surface area contributed by atoms with E-state index in [1.807, 2.05) is 0 Å². The van der Waals surface area contributed by atoms with Crippen molar-refractivity contribution in [2.24, 2.45) is 5.41 Å². The van der Waals surface area contributed by atoms with Gasteiger partial charge in [0.2, 0.25) is 0 Å². The molecule has 1 aliphatic heterocycles. The quantitative estimate of drug-likeness (QED) is 0.653. The van der Waals surface area contributed by atoms with Gasteiger partial charge in [-0.15, -0.1) is 0 Å². The Balaban J connectivity index is 2.32. The van der Waals surface area contributed by atoms with Gasteiger partial charge in [-0.2, -0.15) is 0 Å². The summed E-state index contributed by atoms with van der Waals surface area (Å²) in [6.45, 7) is 1.36. The number of halogens is 1. The molecule has 0 saturated carbocycles. The zero-order valence-electron chi connectivity index (χ0n) is 12.6. The van der Waals surface area contributed by atoms with E-state index in [0.717, 1.165) is 5.56 Å². The molecule has 0 amide bonds. The maximum atomic E-state index is 13.0. The lowest BCUT2D eigenvalue weighted by Crippen LogP contribution is -2.56. The average molecular weight is 309 g/mol. The fourth-order valence-corrected chi connectivity index (χ4v) is 3.11. The molecule has 4 atom stereocenters. The van der Waals surface area contributed by atoms with Gasteiger partial charge in [-0.25, -0.2) is 4.39 Å². The number of benzene rings is 1. The number of hydrogen-bond acceptors (Lipinski definition) is 4. The van der Waals surface area contributed by atoms with Crippen molar-refractivity contribution in [3.05, 3.63) is 35.6 Å². The van der Waals surface area contributed by atoms with Crippen LogP contribution in [0.25, 0.3) is 0 Å². The number of hydrogen-bond donors (Lipinski definition) is 2. The smallest absolute Gasteiger partial charge is 0.318 e. The minimum Gasteiger partial charge on any atom is -0.480 e. The molecule has 1 aromatic rings. The minimum absolute atomic E-state index is 0.129. The third-order valence-electron chi connectivity index (χ3n) is 4.70. The molecular weight excluding hydrogens is 289 g/mol. The Morgan fingerprint density at radius 2 is 1.95 bits per heavy atom. The monoisotopic (exact) mass is 309 g/mol. The van der Waals surface area contributed by atoms with Gasteiger partial charge >= 0.3 is 5.97 Å².